The Kier molecular flexibility index (Phi) is 5.71. The average molecular weight is 383 g/mol. The first-order chi connectivity index (χ1) is 14.3. The van der Waals surface area contributed by atoms with Gasteiger partial charge in [-0.1, -0.05) is 48.5 Å². The van der Waals surface area contributed by atoms with Crippen LogP contribution in [-0.4, -0.2) is 27.4 Å². The van der Waals surface area contributed by atoms with E-state index in [9.17, 15) is 4.79 Å². The summed E-state index contributed by atoms with van der Waals surface area (Å²) < 4.78 is 0. The number of hydrogen-bond donors (Lipinski definition) is 2. The number of hydrogen-bond acceptors (Lipinski definition) is 5. The van der Waals surface area contributed by atoms with Crippen molar-refractivity contribution in [1.82, 2.24) is 15.0 Å². The molecule has 0 saturated carbocycles. The highest BCUT2D eigenvalue weighted by Crippen LogP contribution is 2.21. The molecule has 0 spiro atoms. The molecule has 0 aliphatic heterocycles. The van der Waals surface area contributed by atoms with E-state index in [-0.39, 0.29) is 5.91 Å². The van der Waals surface area contributed by atoms with Crippen molar-refractivity contribution in [2.24, 2.45) is 0 Å². The van der Waals surface area contributed by atoms with Crippen molar-refractivity contribution < 1.29 is 4.79 Å². The summed E-state index contributed by atoms with van der Waals surface area (Å²) in [6, 6.07) is 19.9. The zero-order chi connectivity index (χ0) is 19.9. The number of pyridine rings is 1. The molecule has 0 radical (unpaired) electrons. The third-order valence-corrected chi connectivity index (χ3v) is 4.56. The first-order valence-corrected chi connectivity index (χ1v) is 9.54. The summed E-state index contributed by atoms with van der Waals surface area (Å²) >= 11 is 0. The van der Waals surface area contributed by atoms with Crippen molar-refractivity contribution in [3.05, 3.63) is 90.4 Å². The van der Waals surface area contributed by atoms with Gasteiger partial charge in [0.25, 0.3) is 5.91 Å². The molecule has 0 atom stereocenters. The lowest BCUT2D eigenvalue weighted by Crippen LogP contribution is -2.14. The Bertz CT molecular complexity index is 1090. The van der Waals surface area contributed by atoms with E-state index >= 15 is 0 Å². The highest BCUT2D eigenvalue weighted by Gasteiger charge is 2.10. The Morgan fingerprint density at radius 2 is 1.66 bits per heavy atom. The van der Waals surface area contributed by atoms with E-state index in [2.05, 4.69) is 37.7 Å². The van der Waals surface area contributed by atoms with Gasteiger partial charge in [-0.3, -0.25) is 9.78 Å². The zero-order valence-corrected chi connectivity index (χ0v) is 15.9. The molecule has 6 heteroatoms. The summed E-state index contributed by atoms with van der Waals surface area (Å²) in [5.74, 6) is 0.250. The minimum Gasteiger partial charge on any atom is -0.354 e. The van der Waals surface area contributed by atoms with Gasteiger partial charge < -0.3 is 10.6 Å². The lowest BCUT2D eigenvalue weighted by Gasteiger charge is -2.08. The largest absolute Gasteiger partial charge is 0.354 e. The van der Waals surface area contributed by atoms with E-state index in [0.717, 1.165) is 30.3 Å². The minimum atomic E-state index is -0.265. The van der Waals surface area contributed by atoms with Crippen LogP contribution < -0.4 is 10.6 Å². The molecule has 6 nitrogen and oxygen atoms in total. The van der Waals surface area contributed by atoms with Crippen LogP contribution in [0, 0.1) is 0 Å². The van der Waals surface area contributed by atoms with Gasteiger partial charge in [-0.05, 0) is 30.5 Å². The molecular formula is C23H21N5O. The fourth-order valence-electron chi connectivity index (χ4n) is 3.07. The molecule has 29 heavy (non-hydrogen) atoms. The van der Waals surface area contributed by atoms with E-state index in [1.807, 2.05) is 48.5 Å². The number of fused-ring (bicyclic) bond motifs is 1. The van der Waals surface area contributed by atoms with Gasteiger partial charge in [0.05, 0.1) is 16.8 Å². The van der Waals surface area contributed by atoms with Crippen LogP contribution in [0.25, 0.3) is 10.9 Å². The van der Waals surface area contributed by atoms with E-state index < -0.39 is 0 Å². The quantitative estimate of drug-likeness (QED) is 0.465. The van der Waals surface area contributed by atoms with Crippen molar-refractivity contribution in [3.8, 4) is 0 Å². The number of benzene rings is 2. The van der Waals surface area contributed by atoms with Crippen LogP contribution >= 0.6 is 0 Å². The number of rotatable bonds is 7. The van der Waals surface area contributed by atoms with E-state index in [1.165, 1.54) is 18.0 Å². The molecule has 0 unspecified atom stereocenters. The summed E-state index contributed by atoms with van der Waals surface area (Å²) in [5, 5.41) is 7.05. The number of aromatic nitrogens is 3. The van der Waals surface area contributed by atoms with Crippen molar-refractivity contribution in [3.63, 3.8) is 0 Å². The average Bonchev–Trinajstić information content (AvgIpc) is 2.78. The van der Waals surface area contributed by atoms with Crippen molar-refractivity contribution in [2.75, 3.05) is 17.2 Å². The van der Waals surface area contributed by atoms with Crippen molar-refractivity contribution in [1.29, 1.82) is 0 Å². The Morgan fingerprint density at radius 1 is 0.862 bits per heavy atom. The van der Waals surface area contributed by atoms with Gasteiger partial charge in [-0.15, -0.1) is 0 Å². The monoisotopic (exact) mass is 383 g/mol. The van der Waals surface area contributed by atoms with Gasteiger partial charge in [-0.25, -0.2) is 9.97 Å². The predicted octanol–water partition coefficient (Wildman–Crippen LogP) is 4.32. The lowest BCUT2D eigenvalue weighted by molar-refractivity contribution is 0.102. The Balaban J connectivity index is 1.33. The number of nitrogens with one attached hydrogen (secondary N) is 2. The normalized spacial score (nSPS) is 10.6. The van der Waals surface area contributed by atoms with Gasteiger partial charge in [0.1, 0.15) is 0 Å². The second-order valence-electron chi connectivity index (χ2n) is 6.65. The number of anilines is 2. The van der Waals surface area contributed by atoms with Crippen LogP contribution in [0.4, 0.5) is 11.6 Å². The Labute approximate surface area is 169 Å². The fourth-order valence-corrected chi connectivity index (χ4v) is 3.07. The van der Waals surface area contributed by atoms with Crippen LogP contribution in [0.3, 0.4) is 0 Å². The van der Waals surface area contributed by atoms with Gasteiger partial charge in [0.15, 0.2) is 0 Å². The highest BCUT2D eigenvalue weighted by molar-refractivity contribution is 6.08. The van der Waals surface area contributed by atoms with Gasteiger partial charge in [0.2, 0.25) is 5.95 Å². The van der Waals surface area contributed by atoms with E-state index in [0.29, 0.717) is 17.2 Å². The molecule has 2 N–H and O–H groups in total. The molecule has 2 aromatic heterocycles. The standard InChI is InChI=1S/C23H21N5O/c29-22(28-20-12-4-10-18-11-6-13-24-21(18)20)19-15-26-23(27-16-19)25-14-5-9-17-7-2-1-3-8-17/h1-4,6-8,10-13,15-16H,5,9,14H2,(H,28,29)(H,25,26,27). The molecule has 0 bridgehead atoms. The number of amides is 1. The molecule has 0 saturated heterocycles. The molecule has 4 aromatic rings. The van der Waals surface area contributed by atoms with Crippen molar-refractivity contribution in [2.45, 2.75) is 12.8 Å². The maximum atomic E-state index is 12.5. The number of para-hydroxylation sites is 1. The summed E-state index contributed by atoms with van der Waals surface area (Å²) in [5.41, 5.74) is 3.12. The minimum absolute atomic E-state index is 0.265. The predicted molar refractivity (Wildman–Crippen MR) is 115 cm³/mol. The topological polar surface area (TPSA) is 79.8 Å². The zero-order valence-electron chi connectivity index (χ0n) is 15.9. The van der Waals surface area contributed by atoms with E-state index in [1.54, 1.807) is 6.20 Å². The smallest absolute Gasteiger partial charge is 0.258 e. The highest BCUT2D eigenvalue weighted by atomic mass is 16.1. The number of carbonyl (C=O) groups is 1. The second-order valence-corrected chi connectivity index (χ2v) is 6.65. The lowest BCUT2D eigenvalue weighted by atomic mass is 10.1. The molecule has 0 aliphatic rings. The van der Waals surface area contributed by atoms with Crippen molar-refractivity contribution >= 4 is 28.4 Å². The van der Waals surface area contributed by atoms with Gasteiger partial charge in [-0.2, -0.15) is 0 Å². The molecule has 4 rings (SSSR count). The van der Waals surface area contributed by atoms with Crippen LogP contribution in [0.15, 0.2) is 79.3 Å². The number of aryl methyl sites for hydroxylation is 1. The molecule has 2 heterocycles. The Morgan fingerprint density at radius 3 is 2.48 bits per heavy atom. The van der Waals surface area contributed by atoms with Crippen LogP contribution in [0.2, 0.25) is 0 Å². The summed E-state index contributed by atoms with van der Waals surface area (Å²) in [6.45, 7) is 0.766. The molecule has 0 aliphatic carbocycles. The molecule has 2 aromatic carbocycles. The summed E-state index contributed by atoms with van der Waals surface area (Å²) in [6.07, 6.45) is 6.73. The Hall–Kier alpha value is -3.80. The summed E-state index contributed by atoms with van der Waals surface area (Å²) in [7, 11) is 0. The molecule has 1 amide bonds. The maximum absolute atomic E-state index is 12.5. The fraction of sp³-hybridized carbons (Fsp3) is 0.130. The maximum Gasteiger partial charge on any atom is 0.258 e. The van der Waals surface area contributed by atoms with Crippen LogP contribution in [0.5, 0.6) is 0 Å². The summed E-state index contributed by atoms with van der Waals surface area (Å²) in [4.78, 5) is 25.4. The van der Waals surface area contributed by atoms with E-state index in [4.69, 9.17) is 0 Å². The SMILES string of the molecule is O=C(Nc1cccc2cccnc12)c1cnc(NCCCc2ccccc2)nc1. The third kappa shape index (κ3) is 4.73. The van der Waals surface area contributed by atoms with Crippen LogP contribution in [-0.2, 0) is 6.42 Å². The molecular weight excluding hydrogens is 362 g/mol. The van der Waals surface area contributed by atoms with Crippen LogP contribution in [0.1, 0.15) is 22.3 Å². The second kappa shape index (κ2) is 8.93. The molecule has 144 valence electrons. The number of nitrogens with zero attached hydrogens (tertiary/aromatic N) is 3. The molecule has 0 fully saturated rings. The first kappa shape index (κ1) is 18.6. The van der Waals surface area contributed by atoms with Gasteiger partial charge >= 0.3 is 0 Å². The third-order valence-electron chi connectivity index (χ3n) is 4.56. The van der Waals surface area contributed by atoms with Gasteiger partial charge in [0, 0.05) is 30.5 Å². The number of carbonyl (C=O) groups excluding carboxylic acids is 1. The first-order valence-electron chi connectivity index (χ1n) is 9.54.